The van der Waals surface area contributed by atoms with Gasteiger partial charge < -0.3 is 0 Å². The van der Waals surface area contributed by atoms with Crippen LogP contribution < -0.4 is 0 Å². The Kier molecular flexibility index (Phi) is 9.89. The van der Waals surface area contributed by atoms with Crippen LogP contribution in [0.15, 0.2) is 69.3 Å². The van der Waals surface area contributed by atoms with E-state index < -0.39 is 22.6 Å². The molecule has 0 aliphatic heterocycles. The maximum atomic E-state index is 13.5. The molecule has 0 atom stereocenters. The molecule has 0 unspecified atom stereocenters. The molecule has 0 amide bonds. The van der Waals surface area contributed by atoms with Crippen molar-refractivity contribution in [2.24, 2.45) is 0 Å². The van der Waals surface area contributed by atoms with Crippen LogP contribution in [0.4, 0.5) is 17.1 Å². The number of aryl methyl sites for hydroxylation is 3. The van der Waals surface area contributed by atoms with Crippen molar-refractivity contribution < 1.29 is 31.2 Å². The summed E-state index contributed by atoms with van der Waals surface area (Å²) in [4.78, 5) is 32.7. The third kappa shape index (κ3) is 7.77. The Morgan fingerprint density at radius 3 is 1.05 bits per heavy atom. The van der Waals surface area contributed by atoms with Crippen LogP contribution in [0.3, 0.4) is 0 Å². The number of hydrogen-bond donors (Lipinski definition) is 0. The van der Waals surface area contributed by atoms with Crippen LogP contribution in [0.25, 0.3) is 0 Å². The van der Waals surface area contributed by atoms with E-state index in [4.69, 9.17) is 11.9 Å². The number of nitrogens with zero attached hydrogens (tertiary/aromatic N) is 3. The normalized spacial score (nSPS) is 11.3. The minimum atomic E-state index is -4.37. The predicted molar refractivity (Wildman–Crippen MR) is 142 cm³/mol. The number of nitro groups is 3. The largest absolute Gasteiger partial charge is 0.509 e. The molecule has 0 radical (unpaired) electrons. The maximum absolute atomic E-state index is 13.5. The minimum absolute atomic E-state index is 0.0989. The topological polar surface area (TPSA) is 174 Å². The van der Waals surface area contributed by atoms with Crippen LogP contribution in [0.1, 0.15) is 16.7 Å². The van der Waals surface area contributed by atoms with Crippen molar-refractivity contribution in [3.8, 4) is 0 Å². The number of rotatable bonds is 12. The van der Waals surface area contributed by atoms with Gasteiger partial charge >= 0.3 is 7.82 Å². The number of benzene rings is 3. The Morgan fingerprint density at radius 2 is 0.842 bits per heavy atom. The summed E-state index contributed by atoms with van der Waals surface area (Å²) in [6.45, 7) is 4.61. The summed E-state index contributed by atoms with van der Waals surface area (Å²) in [6.07, 6.45) is 0. The van der Waals surface area contributed by atoms with E-state index in [0.29, 0.717) is 67.5 Å². The quantitative estimate of drug-likeness (QED) is 0.0850. The average molecular weight is 600 g/mol. The molecule has 3 aromatic carbocycles. The molecule has 0 aliphatic carbocycles. The molecule has 0 saturated carbocycles. The lowest BCUT2D eigenvalue weighted by Crippen LogP contribution is -1.93. The highest BCUT2D eigenvalue weighted by molar-refractivity contribution is 8.04. The monoisotopic (exact) mass is 599 g/mol. The van der Waals surface area contributed by atoms with Crippen LogP contribution in [-0.2, 0) is 16.5 Å². The Morgan fingerprint density at radius 1 is 0.579 bits per heavy atom. The number of hydrogen-bond acceptors (Lipinski definition) is 13. The van der Waals surface area contributed by atoms with Crippen LogP contribution in [-0.4, -0.2) is 14.8 Å². The van der Waals surface area contributed by atoms with Crippen LogP contribution in [0.2, 0.25) is 0 Å². The minimum Gasteiger partial charge on any atom is -0.258 e. The van der Waals surface area contributed by atoms with Gasteiger partial charge in [-0.25, -0.2) is 16.5 Å². The third-order valence-corrected chi connectivity index (χ3v) is 9.19. The first-order valence-corrected chi connectivity index (χ1v) is 14.0. The molecule has 38 heavy (non-hydrogen) atoms. The molecular weight excluding hydrogens is 581 g/mol. The van der Waals surface area contributed by atoms with Crippen molar-refractivity contribution >= 4 is 61.0 Å². The highest BCUT2D eigenvalue weighted by Gasteiger charge is 2.31. The summed E-state index contributed by atoms with van der Waals surface area (Å²) in [5, 5.41) is 33.2. The lowest BCUT2D eigenvalue weighted by Gasteiger charge is -2.15. The second-order valence-electron chi connectivity index (χ2n) is 7.54. The van der Waals surface area contributed by atoms with Gasteiger partial charge in [0.05, 0.1) is 14.8 Å². The van der Waals surface area contributed by atoms with Gasteiger partial charge in [0, 0.05) is 85.7 Å². The van der Waals surface area contributed by atoms with Crippen molar-refractivity contribution in [2.75, 3.05) is 0 Å². The smallest absolute Gasteiger partial charge is 0.258 e. The standard InChI is InChI=1S/C21H18N3O10PS3/c1-13-10-16(4-7-19(13)22(25)26)36-32-35(31,33-37-17-5-8-20(23(27)28)14(2)11-17)34-38-18-6-9-21(24(29)30)15(3)12-18/h4-12H,1-3H3. The van der Waals surface area contributed by atoms with Gasteiger partial charge in [0.25, 0.3) is 17.1 Å². The molecule has 0 aliphatic rings. The summed E-state index contributed by atoms with van der Waals surface area (Å²) in [5.41, 5.74) is 0.764. The first kappa shape index (κ1) is 29.6. The second-order valence-corrected chi connectivity index (χ2v) is 12.1. The Bertz CT molecular complexity index is 1290. The van der Waals surface area contributed by atoms with E-state index >= 15 is 0 Å². The summed E-state index contributed by atoms with van der Waals surface area (Å²) in [5.74, 6) is 0. The van der Waals surface area contributed by atoms with Gasteiger partial charge in [0.15, 0.2) is 0 Å². The fourth-order valence-electron chi connectivity index (χ4n) is 2.96. The van der Waals surface area contributed by atoms with Gasteiger partial charge in [-0.3, -0.25) is 30.3 Å². The molecule has 17 heteroatoms. The SMILES string of the molecule is Cc1cc(SOP(=O)(OSc2ccc([N+](=O)[O-])c(C)c2)OSc2ccc([N+](=O)[O-])c(C)c2)ccc1[N+](=O)[O-]. The molecule has 0 heterocycles. The molecule has 0 fully saturated rings. The van der Waals surface area contributed by atoms with Gasteiger partial charge in [0.2, 0.25) is 0 Å². The van der Waals surface area contributed by atoms with Crippen molar-refractivity contribution in [2.45, 2.75) is 35.5 Å². The molecule has 0 aromatic heterocycles. The Balaban J connectivity index is 1.79. The highest BCUT2D eigenvalue weighted by Crippen LogP contribution is 2.61. The van der Waals surface area contributed by atoms with Crippen molar-refractivity contribution in [1.29, 1.82) is 0 Å². The Labute approximate surface area is 228 Å². The van der Waals surface area contributed by atoms with Crippen molar-refractivity contribution in [3.63, 3.8) is 0 Å². The van der Waals surface area contributed by atoms with Gasteiger partial charge in [0.1, 0.15) is 0 Å². The van der Waals surface area contributed by atoms with Crippen molar-refractivity contribution in [1.82, 2.24) is 0 Å². The first-order valence-electron chi connectivity index (χ1n) is 10.3. The zero-order valence-corrected chi connectivity index (χ0v) is 23.1. The lowest BCUT2D eigenvalue weighted by atomic mass is 10.2. The molecule has 3 rings (SSSR count). The summed E-state index contributed by atoms with van der Waals surface area (Å²) >= 11 is 1.83. The van der Waals surface area contributed by atoms with Gasteiger partial charge in [-0.15, -0.1) is 0 Å². The van der Waals surface area contributed by atoms with Crippen LogP contribution in [0, 0.1) is 51.1 Å². The van der Waals surface area contributed by atoms with Crippen LogP contribution >= 0.6 is 44.0 Å². The molecule has 13 nitrogen and oxygen atoms in total. The van der Waals surface area contributed by atoms with Crippen molar-refractivity contribution in [3.05, 3.63) is 102 Å². The number of phosphoric acid groups is 1. The second kappa shape index (κ2) is 12.7. The van der Waals surface area contributed by atoms with E-state index in [-0.39, 0.29) is 17.1 Å². The van der Waals surface area contributed by atoms with E-state index in [0.717, 1.165) is 0 Å². The predicted octanol–water partition coefficient (Wildman–Crippen LogP) is 7.92. The van der Waals surface area contributed by atoms with E-state index in [9.17, 15) is 34.9 Å². The summed E-state index contributed by atoms with van der Waals surface area (Å²) in [6, 6.07) is 12.4. The van der Waals surface area contributed by atoms with E-state index in [1.165, 1.54) is 75.4 Å². The van der Waals surface area contributed by atoms with Gasteiger partial charge in [-0.1, -0.05) is 0 Å². The molecule has 0 bridgehead atoms. The molecule has 0 saturated heterocycles. The van der Waals surface area contributed by atoms with E-state index in [1.54, 1.807) is 0 Å². The van der Waals surface area contributed by atoms with Crippen LogP contribution in [0.5, 0.6) is 0 Å². The number of nitro benzene ring substituents is 3. The summed E-state index contributed by atoms with van der Waals surface area (Å²) in [7, 11) is -4.37. The lowest BCUT2D eigenvalue weighted by molar-refractivity contribution is -0.385. The first-order chi connectivity index (χ1) is 17.9. The molecule has 0 spiro atoms. The highest BCUT2D eigenvalue weighted by atomic mass is 32.2. The Hall–Kier alpha value is -2.98. The molecular formula is C21H18N3O10PS3. The molecule has 3 aromatic rings. The average Bonchev–Trinajstić information content (AvgIpc) is 2.84. The fraction of sp³-hybridized carbons (Fsp3) is 0.143. The maximum Gasteiger partial charge on any atom is 0.509 e. The third-order valence-electron chi connectivity index (χ3n) is 4.77. The molecule has 200 valence electrons. The van der Waals surface area contributed by atoms with Gasteiger partial charge in [-0.2, -0.15) is 0 Å². The molecule has 0 N–H and O–H groups in total. The van der Waals surface area contributed by atoms with E-state index in [2.05, 4.69) is 0 Å². The summed E-state index contributed by atoms with van der Waals surface area (Å²) < 4.78 is 29.7. The van der Waals surface area contributed by atoms with Gasteiger partial charge in [-0.05, 0) is 57.2 Å². The van der Waals surface area contributed by atoms with E-state index in [1.807, 2.05) is 0 Å². The zero-order valence-electron chi connectivity index (χ0n) is 19.8. The zero-order chi connectivity index (χ0) is 28.0. The fourth-order valence-corrected chi connectivity index (χ4v) is 7.10.